The molecular weight excluding hydrogens is 328 g/mol. The van der Waals surface area contributed by atoms with Crippen molar-refractivity contribution in [1.82, 2.24) is 0 Å². The van der Waals surface area contributed by atoms with E-state index in [9.17, 15) is 9.59 Å². The van der Waals surface area contributed by atoms with Crippen LogP contribution in [0.2, 0.25) is 0 Å². The number of carbonyl (C=O) groups is 2. The fourth-order valence-electron chi connectivity index (χ4n) is 3.86. The SMILES string of the molecule is CCCCCCCCCC(CCCC)OC(=O)C1CCC(C(=O)O)CC1. The molecule has 26 heavy (non-hydrogen) atoms. The van der Waals surface area contributed by atoms with Crippen LogP contribution in [0.15, 0.2) is 0 Å². The number of aliphatic carboxylic acids is 1. The second-order valence-corrected chi connectivity index (χ2v) is 8.00. The Kier molecular flexibility index (Phi) is 12.4. The second kappa shape index (κ2) is 14.1. The number of hydrogen-bond donors (Lipinski definition) is 1. The van der Waals surface area contributed by atoms with Gasteiger partial charge in [0, 0.05) is 0 Å². The molecule has 0 aromatic rings. The molecule has 4 nitrogen and oxygen atoms in total. The summed E-state index contributed by atoms with van der Waals surface area (Å²) in [4.78, 5) is 23.5. The monoisotopic (exact) mass is 368 g/mol. The number of rotatable bonds is 14. The van der Waals surface area contributed by atoms with Crippen molar-refractivity contribution < 1.29 is 19.4 Å². The highest BCUT2D eigenvalue weighted by Gasteiger charge is 2.31. The van der Waals surface area contributed by atoms with Crippen LogP contribution < -0.4 is 0 Å². The molecule has 1 aliphatic rings. The van der Waals surface area contributed by atoms with Crippen molar-refractivity contribution in [1.29, 1.82) is 0 Å². The maximum atomic E-state index is 12.5. The maximum Gasteiger partial charge on any atom is 0.309 e. The molecule has 1 aliphatic carbocycles. The Labute approximate surface area is 160 Å². The molecule has 0 saturated heterocycles. The zero-order valence-corrected chi connectivity index (χ0v) is 17.0. The van der Waals surface area contributed by atoms with Crippen LogP contribution in [0.4, 0.5) is 0 Å². The summed E-state index contributed by atoms with van der Waals surface area (Å²) in [5, 5.41) is 9.08. The number of ether oxygens (including phenoxy) is 1. The van der Waals surface area contributed by atoms with Crippen LogP contribution in [0, 0.1) is 11.8 Å². The quantitative estimate of drug-likeness (QED) is 0.296. The molecule has 1 N–H and O–H groups in total. The first-order chi connectivity index (χ1) is 12.6. The van der Waals surface area contributed by atoms with Crippen molar-refractivity contribution in [3.63, 3.8) is 0 Å². The van der Waals surface area contributed by atoms with Crippen LogP contribution in [-0.4, -0.2) is 23.1 Å². The third-order valence-electron chi connectivity index (χ3n) is 5.70. The van der Waals surface area contributed by atoms with Crippen LogP contribution in [0.1, 0.15) is 110 Å². The lowest BCUT2D eigenvalue weighted by Gasteiger charge is -2.27. The minimum absolute atomic E-state index is 0.0512. The van der Waals surface area contributed by atoms with Gasteiger partial charge in [-0.3, -0.25) is 9.59 Å². The molecule has 0 bridgehead atoms. The predicted octanol–water partition coefficient (Wildman–Crippen LogP) is 6.12. The van der Waals surface area contributed by atoms with Crippen LogP contribution in [-0.2, 0) is 14.3 Å². The van der Waals surface area contributed by atoms with Gasteiger partial charge in [-0.25, -0.2) is 0 Å². The first-order valence-corrected chi connectivity index (χ1v) is 11.0. The van der Waals surface area contributed by atoms with E-state index in [1.54, 1.807) is 0 Å². The molecular formula is C22H40O4. The van der Waals surface area contributed by atoms with Gasteiger partial charge in [0.2, 0.25) is 0 Å². The number of carboxylic acid groups (broad SMARTS) is 1. The summed E-state index contributed by atoms with van der Waals surface area (Å²) >= 11 is 0. The fourth-order valence-corrected chi connectivity index (χ4v) is 3.86. The van der Waals surface area contributed by atoms with Gasteiger partial charge in [-0.2, -0.15) is 0 Å². The molecule has 0 aromatic carbocycles. The third-order valence-corrected chi connectivity index (χ3v) is 5.70. The van der Waals surface area contributed by atoms with E-state index in [0.717, 1.165) is 32.1 Å². The van der Waals surface area contributed by atoms with Crippen LogP contribution >= 0.6 is 0 Å². The first-order valence-electron chi connectivity index (χ1n) is 11.0. The predicted molar refractivity (Wildman–Crippen MR) is 105 cm³/mol. The van der Waals surface area contributed by atoms with E-state index < -0.39 is 5.97 Å². The van der Waals surface area contributed by atoms with Crippen LogP contribution in [0.25, 0.3) is 0 Å². The van der Waals surface area contributed by atoms with Crippen molar-refractivity contribution in [2.75, 3.05) is 0 Å². The van der Waals surface area contributed by atoms with Gasteiger partial charge in [0.1, 0.15) is 6.10 Å². The van der Waals surface area contributed by atoms with E-state index >= 15 is 0 Å². The highest BCUT2D eigenvalue weighted by atomic mass is 16.5. The van der Waals surface area contributed by atoms with E-state index in [4.69, 9.17) is 9.84 Å². The Bertz CT molecular complexity index is 386. The average Bonchev–Trinajstić information content (AvgIpc) is 2.65. The molecule has 0 spiro atoms. The largest absolute Gasteiger partial charge is 0.481 e. The summed E-state index contributed by atoms with van der Waals surface area (Å²) < 4.78 is 5.85. The van der Waals surface area contributed by atoms with Gasteiger partial charge in [0.25, 0.3) is 0 Å². The molecule has 0 aromatic heterocycles. The summed E-state index contributed by atoms with van der Waals surface area (Å²) in [6, 6.07) is 0. The molecule has 152 valence electrons. The molecule has 0 radical (unpaired) electrons. The van der Waals surface area contributed by atoms with Gasteiger partial charge < -0.3 is 9.84 Å². The van der Waals surface area contributed by atoms with Gasteiger partial charge in [0.05, 0.1) is 11.8 Å². The minimum Gasteiger partial charge on any atom is -0.481 e. The highest BCUT2D eigenvalue weighted by Crippen LogP contribution is 2.30. The Morgan fingerprint density at radius 1 is 0.808 bits per heavy atom. The summed E-state index contributed by atoms with van der Waals surface area (Å²) in [5.74, 6) is -1.18. The Morgan fingerprint density at radius 3 is 1.88 bits per heavy atom. The average molecular weight is 369 g/mol. The lowest BCUT2D eigenvalue weighted by molar-refractivity contribution is -0.158. The Balaban J connectivity index is 2.29. The molecule has 0 amide bonds. The van der Waals surface area contributed by atoms with E-state index in [0.29, 0.717) is 25.7 Å². The van der Waals surface area contributed by atoms with E-state index in [2.05, 4.69) is 13.8 Å². The van der Waals surface area contributed by atoms with Gasteiger partial charge in [-0.15, -0.1) is 0 Å². The van der Waals surface area contributed by atoms with E-state index in [-0.39, 0.29) is 23.9 Å². The third kappa shape index (κ3) is 9.59. The smallest absolute Gasteiger partial charge is 0.309 e. The molecule has 1 unspecified atom stereocenters. The standard InChI is InChI=1S/C22H40O4/c1-3-5-7-8-9-10-11-13-20(12-6-4-2)26-22(25)19-16-14-18(15-17-19)21(23)24/h18-20H,3-17H2,1-2H3,(H,23,24). The zero-order chi connectivity index (χ0) is 19.2. The lowest BCUT2D eigenvalue weighted by Crippen LogP contribution is -2.29. The topological polar surface area (TPSA) is 63.6 Å². The zero-order valence-electron chi connectivity index (χ0n) is 17.0. The van der Waals surface area contributed by atoms with Gasteiger partial charge in [-0.1, -0.05) is 65.2 Å². The molecule has 1 rings (SSSR count). The van der Waals surface area contributed by atoms with Gasteiger partial charge >= 0.3 is 11.9 Å². The number of hydrogen-bond acceptors (Lipinski definition) is 3. The molecule has 0 heterocycles. The molecule has 1 fully saturated rings. The second-order valence-electron chi connectivity index (χ2n) is 8.00. The Morgan fingerprint density at radius 2 is 1.31 bits per heavy atom. The first kappa shape index (κ1) is 23.0. The van der Waals surface area contributed by atoms with Crippen molar-refractivity contribution in [3.05, 3.63) is 0 Å². The normalized spacial score (nSPS) is 21.3. The molecule has 4 heteroatoms. The fraction of sp³-hybridized carbons (Fsp3) is 0.909. The van der Waals surface area contributed by atoms with Crippen LogP contribution in [0.5, 0.6) is 0 Å². The Hall–Kier alpha value is -1.06. The summed E-state index contributed by atoms with van der Waals surface area (Å²) in [7, 11) is 0. The van der Waals surface area contributed by atoms with Crippen molar-refractivity contribution >= 4 is 11.9 Å². The molecule has 0 aliphatic heterocycles. The summed E-state index contributed by atoms with van der Waals surface area (Å²) in [6.07, 6.45) is 15.7. The van der Waals surface area contributed by atoms with Gasteiger partial charge in [0.15, 0.2) is 0 Å². The summed E-state index contributed by atoms with van der Waals surface area (Å²) in [5.41, 5.74) is 0. The van der Waals surface area contributed by atoms with Crippen molar-refractivity contribution in [2.45, 2.75) is 116 Å². The van der Waals surface area contributed by atoms with Crippen molar-refractivity contribution in [3.8, 4) is 0 Å². The van der Waals surface area contributed by atoms with E-state index in [1.165, 1.54) is 38.5 Å². The number of unbranched alkanes of at least 4 members (excludes halogenated alkanes) is 7. The van der Waals surface area contributed by atoms with Crippen molar-refractivity contribution in [2.24, 2.45) is 11.8 Å². The number of carboxylic acids is 1. The highest BCUT2D eigenvalue weighted by molar-refractivity contribution is 5.74. The van der Waals surface area contributed by atoms with E-state index in [1.807, 2.05) is 0 Å². The minimum atomic E-state index is -0.725. The molecule has 1 atom stereocenters. The maximum absolute atomic E-state index is 12.5. The number of carbonyl (C=O) groups excluding carboxylic acids is 1. The molecule has 1 saturated carbocycles. The van der Waals surface area contributed by atoms with Crippen LogP contribution in [0.3, 0.4) is 0 Å². The number of esters is 1. The summed E-state index contributed by atoms with van der Waals surface area (Å²) in [6.45, 7) is 4.40. The lowest BCUT2D eigenvalue weighted by atomic mass is 9.82. The van der Waals surface area contributed by atoms with Gasteiger partial charge in [-0.05, 0) is 44.9 Å².